The lowest BCUT2D eigenvalue weighted by molar-refractivity contribution is -0.575. The highest BCUT2D eigenvalue weighted by atomic mass is 32.2. The van der Waals surface area contributed by atoms with E-state index in [-0.39, 0.29) is 24.1 Å². The Labute approximate surface area is 113 Å². The first kappa shape index (κ1) is 15.7. The molecule has 0 radical (unpaired) electrons. The van der Waals surface area contributed by atoms with Crippen LogP contribution >= 0.6 is 0 Å². The first-order chi connectivity index (χ1) is 8.83. The van der Waals surface area contributed by atoms with E-state index in [1.165, 1.54) is 4.57 Å². The standard InChI is InChI=1S/C12H18N2O4S/c1-3-13-10(2)12(15)14-7-4-11(5-8-14)6-9-19(16,17)18/h4-5,7-8,10,13H,3,6,9H2,1-2H3/p+1. The zero-order chi connectivity index (χ0) is 14.5. The summed E-state index contributed by atoms with van der Waals surface area (Å²) in [6.45, 7) is 4.41. The molecule has 2 N–H and O–H groups in total. The van der Waals surface area contributed by atoms with Crippen molar-refractivity contribution in [2.24, 2.45) is 0 Å². The molecule has 106 valence electrons. The smallest absolute Gasteiger partial charge is 0.302 e. The van der Waals surface area contributed by atoms with Gasteiger partial charge in [0.15, 0.2) is 12.4 Å². The minimum absolute atomic E-state index is 0.0804. The lowest BCUT2D eigenvalue weighted by atomic mass is 10.2. The van der Waals surface area contributed by atoms with Gasteiger partial charge in [-0.3, -0.25) is 4.55 Å². The van der Waals surface area contributed by atoms with Crippen molar-refractivity contribution in [3.63, 3.8) is 0 Å². The molecule has 1 rings (SSSR count). The largest absolute Gasteiger partial charge is 0.408 e. The summed E-state index contributed by atoms with van der Waals surface area (Å²) in [5, 5.41) is 3.02. The van der Waals surface area contributed by atoms with Crippen molar-refractivity contribution in [3.8, 4) is 0 Å². The van der Waals surface area contributed by atoms with Gasteiger partial charge in [0.2, 0.25) is 0 Å². The maximum Gasteiger partial charge on any atom is 0.408 e. The Kier molecular flexibility index (Phi) is 5.59. The van der Waals surface area contributed by atoms with Gasteiger partial charge < -0.3 is 5.32 Å². The fourth-order valence-corrected chi connectivity index (χ4v) is 2.13. The van der Waals surface area contributed by atoms with Crippen LogP contribution in [0.15, 0.2) is 24.5 Å². The van der Waals surface area contributed by atoms with E-state index in [9.17, 15) is 13.2 Å². The molecule has 0 aliphatic carbocycles. The van der Waals surface area contributed by atoms with Crippen molar-refractivity contribution in [1.29, 1.82) is 0 Å². The molecule has 1 atom stereocenters. The number of carbonyl (C=O) groups excluding carboxylic acids is 1. The van der Waals surface area contributed by atoms with Crippen LogP contribution in [0.25, 0.3) is 0 Å². The van der Waals surface area contributed by atoms with E-state index in [4.69, 9.17) is 4.55 Å². The number of nitrogens with zero attached hydrogens (tertiary/aromatic N) is 1. The van der Waals surface area contributed by atoms with Crippen molar-refractivity contribution >= 4 is 16.0 Å². The van der Waals surface area contributed by atoms with E-state index in [0.717, 1.165) is 5.56 Å². The summed E-state index contributed by atoms with van der Waals surface area (Å²) in [6, 6.07) is 3.06. The van der Waals surface area contributed by atoms with E-state index in [0.29, 0.717) is 6.54 Å². The number of carbonyl (C=O) groups is 1. The second-order valence-corrected chi connectivity index (χ2v) is 5.84. The van der Waals surface area contributed by atoms with Gasteiger partial charge in [-0.05, 0) is 25.5 Å². The van der Waals surface area contributed by atoms with Crippen LogP contribution in [0.5, 0.6) is 0 Å². The Hall–Kier alpha value is -1.31. The monoisotopic (exact) mass is 287 g/mol. The predicted molar refractivity (Wildman–Crippen MR) is 70.5 cm³/mol. The van der Waals surface area contributed by atoms with E-state index in [1.54, 1.807) is 31.5 Å². The van der Waals surface area contributed by atoms with Crippen LogP contribution in [0, 0.1) is 0 Å². The van der Waals surface area contributed by atoms with Crippen molar-refractivity contribution in [2.45, 2.75) is 26.3 Å². The fourth-order valence-electron chi connectivity index (χ4n) is 1.63. The summed E-state index contributed by atoms with van der Waals surface area (Å²) in [7, 11) is -3.95. The molecule has 1 aromatic rings. The Bertz CT molecular complexity index is 525. The summed E-state index contributed by atoms with van der Waals surface area (Å²) in [5.74, 6) is -0.401. The maximum absolute atomic E-state index is 11.9. The van der Waals surface area contributed by atoms with Gasteiger partial charge in [-0.25, -0.2) is 4.79 Å². The molecule has 6 nitrogen and oxygen atoms in total. The Morgan fingerprint density at radius 3 is 2.47 bits per heavy atom. The molecule has 1 aromatic heterocycles. The van der Waals surface area contributed by atoms with Gasteiger partial charge in [-0.2, -0.15) is 8.42 Å². The third-order valence-electron chi connectivity index (χ3n) is 2.68. The fraction of sp³-hybridized carbons (Fsp3) is 0.500. The average Bonchev–Trinajstić information content (AvgIpc) is 2.35. The molecule has 0 aliphatic heterocycles. The quantitative estimate of drug-likeness (QED) is 0.570. The first-order valence-corrected chi connectivity index (χ1v) is 7.67. The number of rotatable bonds is 6. The molecule has 1 heterocycles. The molecule has 0 aromatic carbocycles. The zero-order valence-electron chi connectivity index (χ0n) is 11.0. The lowest BCUT2D eigenvalue weighted by Gasteiger charge is -2.06. The van der Waals surface area contributed by atoms with Gasteiger partial charge in [0.1, 0.15) is 6.04 Å². The molecule has 7 heteroatoms. The lowest BCUT2D eigenvalue weighted by Crippen LogP contribution is -2.52. The number of likely N-dealkylation sites (N-methyl/N-ethyl adjacent to an activating group) is 1. The molecule has 0 fully saturated rings. The van der Waals surface area contributed by atoms with Crippen LogP contribution in [0.4, 0.5) is 0 Å². The highest BCUT2D eigenvalue weighted by Gasteiger charge is 2.21. The van der Waals surface area contributed by atoms with Crippen LogP contribution < -0.4 is 9.88 Å². The van der Waals surface area contributed by atoms with Gasteiger partial charge in [-0.15, -0.1) is 4.57 Å². The van der Waals surface area contributed by atoms with E-state index < -0.39 is 10.1 Å². The van der Waals surface area contributed by atoms with Crippen LogP contribution in [0.3, 0.4) is 0 Å². The van der Waals surface area contributed by atoms with Crippen molar-refractivity contribution in [1.82, 2.24) is 5.32 Å². The Morgan fingerprint density at radius 2 is 2.00 bits per heavy atom. The van der Waals surface area contributed by atoms with Gasteiger partial charge in [0.05, 0.1) is 5.75 Å². The summed E-state index contributed by atoms with van der Waals surface area (Å²) >= 11 is 0. The Morgan fingerprint density at radius 1 is 1.42 bits per heavy atom. The number of hydrogen-bond donors (Lipinski definition) is 2. The molecular weight excluding hydrogens is 268 g/mol. The van der Waals surface area contributed by atoms with Crippen molar-refractivity contribution in [2.75, 3.05) is 12.3 Å². The number of aromatic nitrogens is 1. The molecule has 0 aliphatic rings. The molecule has 0 spiro atoms. The minimum Gasteiger partial charge on any atom is -0.302 e. The average molecular weight is 287 g/mol. The number of nitrogens with one attached hydrogen (secondary N) is 1. The van der Waals surface area contributed by atoms with Gasteiger partial charge in [0.25, 0.3) is 10.1 Å². The molecular formula is C12H19N2O4S+. The number of pyridine rings is 1. The molecule has 19 heavy (non-hydrogen) atoms. The summed E-state index contributed by atoms with van der Waals surface area (Å²) in [5.41, 5.74) is 0.748. The van der Waals surface area contributed by atoms with Gasteiger partial charge in [-0.1, -0.05) is 6.92 Å². The molecule has 0 bridgehead atoms. The maximum atomic E-state index is 11.9. The summed E-state index contributed by atoms with van der Waals surface area (Å²) in [4.78, 5) is 11.9. The van der Waals surface area contributed by atoms with Crippen molar-refractivity contribution < 1.29 is 22.3 Å². The second kappa shape index (κ2) is 6.74. The van der Waals surface area contributed by atoms with Crippen LogP contribution in [0.1, 0.15) is 24.2 Å². The normalized spacial score (nSPS) is 13.2. The van der Waals surface area contributed by atoms with E-state index in [2.05, 4.69) is 5.32 Å². The van der Waals surface area contributed by atoms with Crippen molar-refractivity contribution in [3.05, 3.63) is 30.1 Å². The zero-order valence-corrected chi connectivity index (χ0v) is 11.9. The molecule has 0 saturated heterocycles. The van der Waals surface area contributed by atoms with E-state index in [1.807, 2.05) is 6.92 Å². The minimum atomic E-state index is -3.95. The van der Waals surface area contributed by atoms with Crippen LogP contribution in [-0.2, 0) is 16.5 Å². The molecule has 0 amide bonds. The highest BCUT2D eigenvalue weighted by molar-refractivity contribution is 7.85. The predicted octanol–water partition coefficient (Wildman–Crippen LogP) is 0.0426. The van der Waals surface area contributed by atoms with Gasteiger partial charge >= 0.3 is 5.91 Å². The number of aryl methyl sites for hydroxylation is 1. The molecule has 1 unspecified atom stereocenters. The van der Waals surface area contributed by atoms with Crippen LogP contribution in [-0.4, -0.2) is 37.2 Å². The second-order valence-electron chi connectivity index (χ2n) is 4.27. The molecule has 0 saturated carbocycles. The summed E-state index contributed by atoms with van der Waals surface area (Å²) in [6.07, 6.45) is 3.40. The highest BCUT2D eigenvalue weighted by Crippen LogP contribution is 1.99. The topological polar surface area (TPSA) is 87.4 Å². The third kappa shape index (κ3) is 5.46. The third-order valence-corrected chi connectivity index (χ3v) is 3.40. The van der Waals surface area contributed by atoms with Crippen LogP contribution in [0.2, 0.25) is 0 Å². The SMILES string of the molecule is CCNC(C)C(=O)[n+]1ccc(CCS(=O)(=O)O)cc1. The first-order valence-electron chi connectivity index (χ1n) is 6.06. The van der Waals surface area contributed by atoms with E-state index >= 15 is 0 Å². The Balaban J connectivity index is 2.68. The number of hydrogen-bond acceptors (Lipinski definition) is 4. The summed E-state index contributed by atoms with van der Waals surface area (Å²) < 4.78 is 31.4. The van der Waals surface area contributed by atoms with Gasteiger partial charge in [0, 0.05) is 12.1 Å².